The summed E-state index contributed by atoms with van der Waals surface area (Å²) in [6.45, 7) is 1.59. The molecule has 0 aliphatic heterocycles. The Morgan fingerprint density at radius 1 is 1.00 bits per heavy atom. The third kappa shape index (κ3) is 2.82. The number of benzene rings is 1. The van der Waals surface area contributed by atoms with E-state index in [4.69, 9.17) is 0 Å². The molecule has 0 saturated heterocycles. The van der Waals surface area contributed by atoms with Crippen LogP contribution >= 0.6 is 0 Å². The third-order valence-electron chi connectivity index (χ3n) is 2.80. The minimum atomic E-state index is -5.86. The molecule has 0 bridgehead atoms. The first-order valence-electron chi connectivity index (χ1n) is 5.61. The second kappa shape index (κ2) is 5.47. The van der Waals surface area contributed by atoms with Crippen molar-refractivity contribution >= 4 is 0 Å². The van der Waals surface area contributed by atoms with Crippen LogP contribution in [0.2, 0.25) is 0 Å². The SMILES string of the molecule is C/C=C/Cc1ccccc1C(O)(C(F)(F)F)C(F)(F)F. The highest BCUT2D eigenvalue weighted by molar-refractivity contribution is 5.36. The zero-order valence-electron chi connectivity index (χ0n) is 10.4. The summed E-state index contributed by atoms with van der Waals surface area (Å²) >= 11 is 0. The highest BCUT2D eigenvalue weighted by Gasteiger charge is 2.71. The van der Waals surface area contributed by atoms with Gasteiger partial charge in [-0.15, -0.1) is 0 Å². The molecule has 0 aliphatic rings. The highest BCUT2D eigenvalue weighted by Crippen LogP contribution is 2.50. The van der Waals surface area contributed by atoms with Crippen LogP contribution in [0, 0.1) is 0 Å². The molecule has 1 N–H and O–H groups in total. The number of allylic oxidation sites excluding steroid dienone is 2. The molecule has 0 amide bonds. The lowest BCUT2D eigenvalue weighted by Crippen LogP contribution is -2.54. The minimum Gasteiger partial charge on any atom is -0.369 e. The van der Waals surface area contributed by atoms with Gasteiger partial charge in [0.25, 0.3) is 5.60 Å². The van der Waals surface area contributed by atoms with Gasteiger partial charge in [0.15, 0.2) is 0 Å². The van der Waals surface area contributed by atoms with Crippen molar-refractivity contribution in [3.63, 3.8) is 0 Å². The zero-order valence-corrected chi connectivity index (χ0v) is 10.4. The number of hydrogen-bond acceptors (Lipinski definition) is 1. The topological polar surface area (TPSA) is 20.2 Å². The van der Waals surface area contributed by atoms with Crippen LogP contribution < -0.4 is 0 Å². The Bertz CT molecular complexity index is 472. The second-order valence-corrected chi connectivity index (χ2v) is 4.14. The van der Waals surface area contributed by atoms with Crippen LogP contribution in [0.1, 0.15) is 18.1 Å². The Morgan fingerprint density at radius 3 is 1.95 bits per heavy atom. The average molecular weight is 298 g/mol. The summed E-state index contributed by atoms with van der Waals surface area (Å²) in [6, 6.07) is 4.10. The lowest BCUT2D eigenvalue weighted by atomic mass is 9.87. The summed E-state index contributed by atoms with van der Waals surface area (Å²) in [7, 11) is 0. The van der Waals surface area contributed by atoms with E-state index in [0.29, 0.717) is 6.07 Å². The molecular weight excluding hydrogens is 286 g/mol. The first-order valence-corrected chi connectivity index (χ1v) is 5.61. The number of alkyl halides is 6. The van der Waals surface area contributed by atoms with Crippen molar-refractivity contribution < 1.29 is 31.4 Å². The van der Waals surface area contributed by atoms with E-state index >= 15 is 0 Å². The highest BCUT2D eigenvalue weighted by atomic mass is 19.4. The van der Waals surface area contributed by atoms with Crippen molar-refractivity contribution in [3.05, 3.63) is 47.5 Å². The molecule has 1 nitrogen and oxygen atoms in total. The predicted molar refractivity (Wildman–Crippen MR) is 61.0 cm³/mol. The van der Waals surface area contributed by atoms with Gasteiger partial charge in [-0.2, -0.15) is 26.3 Å². The van der Waals surface area contributed by atoms with Gasteiger partial charge in [-0.25, -0.2) is 0 Å². The first-order chi connectivity index (χ1) is 9.05. The molecule has 20 heavy (non-hydrogen) atoms. The minimum absolute atomic E-state index is 0.138. The summed E-state index contributed by atoms with van der Waals surface area (Å²) in [4.78, 5) is 0. The van der Waals surface area contributed by atoms with Crippen molar-refractivity contribution in [2.24, 2.45) is 0 Å². The fraction of sp³-hybridized carbons (Fsp3) is 0.385. The molecule has 0 aliphatic carbocycles. The van der Waals surface area contributed by atoms with Crippen LogP contribution in [-0.4, -0.2) is 17.5 Å². The van der Waals surface area contributed by atoms with Crippen LogP contribution in [-0.2, 0) is 12.0 Å². The van der Waals surface area contributed by atoms with E-state index in [2.05, 4.69) is 0 Å². The number of halogens is 6. The molecule has 0 fully saturated rings. The first kappa shape index (κ1) is 16.6. The maximum absolute atomic E-state index is 12.8. The zero-order chi connectivity index (χ0) is 15.6. The summed E-state index contributed by atoms with van der Waals surface area (Å²) in [5, 5.41) is 9.36. The van der Waals surface area contributed by atoms with Gasteiger partial charge in [-0.1, -0.05) is 36.4 Å². The van der Waals surface area contributed by atoms with Crippen LogP contribution in [0.5, 0.6) is 0 Å². The molecule has 0 saturated carbocycles. The number of hydrogen-bond donors (Lipinski definition) is 1. The van der Waals surface area contributed by atoms with Crippen molar-refractivity contribution in [2.75, 3.05) is 0 Å². The fourth-order valence-corrected chi connectivity index (χ4v) is 1.76. The van der Waals surface area contributed by atoms with Gasteiger partial charge in [0, 0.05) is 5.56 Å². The average Bonchev–Trinajstić information content (AvgIpc) is 2.33. The Balaban J connectivity index is 3.52. The Kier molecular flexibility index (Phi) is 4.53. The van der Waals surface area contributed by atoms with Gasteiger partial charge in [0.1, 0.15) is 0 Å². The molecular formula is C13H12F6O. The summed E-state index contributed by atoms with van der Waals surface area (Å²) in [6.07, 6.45) is -8.96. The van der Waals surface area contributed by atoms with Gasteiger partial charge in [0.2, 0.25) is 0 Å². The quantitative estimate of drug-likeness (QED) is 0.657. The summed E-state index contributed by atoms with van der Waals surface area (Å²) in [5.74, 6) is 0. The molecule has 0 atom stereocenters. The van der Waals surface area contributed by atoms with Crippen molar-refractivity contribution in [3.8, 4) is 0 Å². The van der Waals surface area contributed by atoms with E-state index in [1.807, 2.05) is 0 Å². The van der Waals surface area contributed by atoms with E-state index in [1.54, 1.807) is 6.92 Å². The Hall–Kier alpha value is -1.50. The lowest BCUT2D eigenvalue weighted by Gasteiger charge is -2.34. The smallest absolute Gasteiger partial charge is 0.369 e. The molecule has 0 spiro atoms. The largest absolute Gasteiger partial charge is 0.430 e. The van der Waals surface area contributed by atoms with E-state index in [1.165, 1.54) is 18.2 Å². The van der Waals surface area contributed by atoms with Gasteiger partial charge in [-0.3, -0.25) is 0 Å². The van der Waals surface area contributed by atoms with E-state index in [0.717, 1.165) is 12.1 Å². The van der Waals surface area contributed by atoms with Gasteiger partial charge < -0.3 is 5.11 Å². The Morgan fingerprint density at radius 2 is 1.50 bits per heavy atom. The van der Waals surface area contributed by atoms with Crippen molar-refractivity contribution in [1.29, 1.82) is 0 Å². The molecule has 0 aromatic heterocycles. The Labute approximate surface area is 111 Å². The monoisotopic (exact) mass is 298 g/mol. The standard InChI is InChI=1S/C13H12F6O/c1-2-3-6-9-7-4-5-8-10(9)11(20,12(14,15)16)13(17,18)19/h2-5,7-8,20H,6H2,1H3/b3-2+. The summed E-state index contributed by atoms with van der Waals surface area (Å²) < 4.78 is 76.8. The number of rotatable bonds is 3. The van der Waals surface area contributed by atoms with Crippen LogP contribution in [0.15, 0.2) is 36.4 Å². The molecule has 112 valence electrons. The third-order valence-corrected chi connectivity index (χ3v) is 2.80. The molecule has 1 rings (SSSR count). The fourth-order valence-electron chi connectivity index (χ4n) is 1.76. The molecule has 1 aromatic carbocycles. The van der Waals surface area contributed by atoms with Crippen LogP contribution in [0.3, 0.4) is 0 Å². The molecule has 1 aromatic rings. The van der Waals surface area contributed by atoms with Crippen LogP contribution in [0.4, 0.5) is 26.3 Å². The van der Waals surface area contributed by atoms with Crippen LogP contribution in [0.25, 0.3) is 0 Å². The lowest BCUT2D eigenvalue weighted by molar-refractivity contribution is -0.376. The normalized spacial score (nSPS) is 14.0. The van der Waals surface area contributed by atoms with Gasteiger partial charge >= 0.3 is 12.4 Å². The molecule has 0 radical (unpaired) electrons. The van der Waals surface area contributed by atoms with E-state index < -0.39 is 23.5 Å². The molecule has 0 heterocycles. The summed E-state index contributed by atoms with van der Waals surface area (Å²) in [5.41, 5.74) is -6.31. The van der Waals surface area contributed by atoms with E-state index in [9.17, 15) is 31.4 Å². The number of aliphatic hydroxyl groups is 1. The molecule has 7 heteroatoms. The molecule has 0 unspecified atom stereocenters. The van der Waals surface area contributed by atoms with Gasteiger partial charge in [-0.05, 0) is 18.9 Å². The predicted octanol–water partition coefficient (Wildman–Crippen LogP) is 4.12. The maximum Gasteiger partial charge on any atom is 0.430 e. The van der Waals surface area contributed by atoms with Crippen molar-refractivity contribution in [2.45, 2.75) is 31.3 Å². The van der Waals surface area contributed by atoms with E-state index in [-0.39, 0.29) is 12.0 Å². The van der Waals surface area contributed by atoms with Crippen molar-refractivity contribution in [1.82, 2.24) is 0 Å². The maximum atomic E-state index is 12.8. The second-order valence-electron chi connectivity index (χ2n) is 4.14. The van der Waals surface area contributed by atoms with Gasteiger partial charge in [0.05, 0.1) is 0 Å².